The molecule has 1 aliphatic carbocycles. The number of halogens is 1. The molecule has 1 saturated carbocycles. The molecule has 2 aliphatic rings. The van der Waals surface area contributed by atoms with Crippen LogP contribution >= 0.6 is 11.6 Å². The van der Waals surface area contributed by atoms with Crippen molar-refractivity contribution in [3.63, 3.8) is 0 Å². The minimum atomic E-state index is -3.77. The molecule has 1 amide bonds. The Morgan fingerprint density at radius 3 is 2.55 bits per heavy atom. The summed E-state index contributed by atoms with van der Waals surface area (Å²) in [6, 6.07) is 9.35. The van der Waals surface area contributed by atoms with Gasteiger partial charge in [0.15, 0.2) is 11.5 Å². The molecule has 0 bridgehead atoms. The van der Waals surface area contributed by atoms with Gasteiger partial charge in [-0.2, -0.15) is 0 Å². The Kier molecular flexibility index (Phi) is 5.42. The van der Waals surface area contributed by atoms with Gasteiger partial charge in [0.25, 0.3) is 5.91 Å². The second kappa shape index (κ2) is 7.85. The van der Waals surface area contributed by atoms with Crippen LogP contribution in [0.1, 0.15) is 41.7 Å². The molecule has 2 aromatic rings. The number of fused-ring (bicyclic) bond motifs is 1. The van der Waals surface area contributed by atoms with Crippen LogP contribution in [0.5, 0.6) is 11.5 Å². The fourth-order valence-corrected chi connectivity index (χ4v) is 4.86. The summed E-state index contributed by atoms with van der Waals surface area (Å²) in [4.78, 5) is 12.6. The number of sulfonamides is 1. The quantitative estimate of drug-likeness (QED) is 0.725. The smallest absolute Gasteiger partial charge is 0.251 e. The van der Waals surface area contributed by atoms with Gasteiger partial charge in [-0.1, -0.05) is 17.7 Å². The van der Waals surface area contributed by atoms with Gasteiger partial charge in [-0.05, 0) is 55.7 Å². The predicted octanol–water partition coefficient (Wildman–Crippen LogP) is 3.04. The highest BCUT2D eigenvalue weighted by atomic mass is 35.5. The molecule has 0 saturated heterocycles. The minimum absolute atomic E-state index is 0.0521. The zero-order chi connectivity index (χ0) is 20.6. The van der Waals surface area contributed by atoms with Crippen molar-refractivity contribution in [2.24, 2.45) is 0 Å². The molecule has 1 fully saturated rings. The van der Waals surface area contributed by atoms with Gasteiger partial charge in [0.1, 0.15) is 18.1 Å². The van der Waals surface area contributed by atoms with Crippen molar-refractivity contribution in [2.75, 3.05) is 13.2 Å². The third-order valence-electron chi connectivity index (χ3n) is 4.80. The lowest BCUT2D eigenvalue weighted by Crippen LogP contribution is -2.28. The first-order valence-corrected chi connectivity index (χ1v) is 11.2. The van der Waals surface area contributed by atoms with Crippen molar-refractivity contribution in [3.8, 4) is 11.5 Å². The molecule has 2 N–H and O–H groups in total. The standard InChI is InChI=1S/C20H21ClN2O5S/c1-12(13-3-7-17-18(10-13)28-9-8-27-17)22-20(24)14-2-6-16(21)19(11-14)29(25,26)23-15-4-5-15/h2-3,6-7,10-12,15,23H,4-5,8-9H2,1H3,(H,22,24). The number of nitrogens with one attached hydrogen (secondary N) is 2. The fourth-order valence-electron chi connectivity index (χ4n) is 3.03. The number of rotatable bonds is 6. The van der Waals surface area contributed by atoms with E-state index in [1.54, 1.807) is 0 Å². The maximum absolute atomic E-state index is 12.7. The average Bonchev–Trinajstić information content (AvgIpc) is 3.51. The summed E-state index contributed by atoms with van der Waals surface area (Å²) in [7, 11) is -3.77. The van der Waals surface area contributed by atoms with Crippen LogP contribution in [0.25, 0.3) is 0 Å². The lowest BCUT2D eigenvalue weighted by Gasteiger charge is -2.21. The minimum Gasteiger partial charge on any atom is -0.486 e. The molecule has 9 heteroatoms. The monoisotopic (exact) mass is 436 g/mol. The first kappa shape index (κ1) is 20.0. The van der Waals surface area contributed by atoms with Crippen molar-refractivity contribution in [1.29, 1.82) is 0 Å². The third-order valence-corrected chi connectivity index (χ3v) is 6.80. The molecule has 1 unspecified atom stereocenters. The van der Waals surface area contributed by atoms with Crippen LogP contribution in [-0.4, -0.2) is 33.6 Å². The Balaban J connectivity index is 1.51. The Morgan fingerprint density at radius 2 is 1.83 bits per heavy atom. The van der Waals surface area contributed by atoms with E-state index in [2.05, 4.69) is 10.0 Å². The maximum Gasteiger partial charge on any atom is 0.251 e. The van der Waals surface area contributed by atoms with Crippen LogP contribution in [0.3, 0.4) is 0 Å². The predicted molar refractivity (Wildman–Crippen MR) is 108 cm³/mol. The summed E-state index contributed by atoms with van der Waals surface area (Å²) < 4.78 is 38.7. The Morgan fingerprint density at radius 1 is 1.10 bits per heavy atom. The summed E-state index contributed by atoms with van der Waals surface area (Å²) in [5, 5.41) is 2.96. The fraction of sp³-hybridized carbons (Fsp3) is 0.350. The van der Waals surface area contributed by atoms with E-state index in [4.69, 9.17) is 21.1 Å². The highest BCUT2D eigenvalue weighted by Gasteiger charge is 2.30. The van der Waals surface area contributed by atoms with E-state index in [1.807, 2.05) is 25.1 Å². The van der Waals surface area contributed by atoms with Gasteiger partial charge in [0, 0.05) is 11.6 Å². The van der Waals surface area contributed by atoms with E-state index in [9.17, 15) is 13.2 Å². The summed E-state index contributed by atoms with van der Waals surface area (Å²) in [6.07, 6.45) is 1.62. The van der Waals surface area contributed by atoms with Gasteiger partial charge >= 0.3 is 0 Å². The molecule has 29 heavy (non-hydrogen) atoms. The third kappa shape index (κ3) is 4.49. The van der Waals surface area contributed by atoms with Crippen LogP contribution in [-0.2, 0) is 10.0 Å². The Hall–Kier alpha value is -2.29. The lowest BCUT2D eigenvalue weighted by molar-refractivity contribution is 0.0939. The van der Waals surface area contributed by atoms with Crippen molar-refractivity contribution >= 4 is 27.5 Å². The average molecular weight is 437 g/mol. The van der Waals surface area contributed by atoms with E-state index in [-0.39, 0.29) is 27.6 Å². The number of amides is 1. The van der Waals surface area contributed by atoms with E-state index >= 15 is 0 Å². The SMILES string of the molecule is CC(NC(=O)c1ccc(Cl)c(S(=O)(=O)NC2CC2)c1)c1ccc2c(c1)OCCO2. The summed E-state index contributed by atoms with van der Waals surface area (Å²) in [5.41, 5.74) is 1.06. The molecule has 7 nitrogen and oxygen atoms in total. The summed E-state index contributed by atoms with van der Waals surface area (Å²) in [6.45, 7) is 2.83. The van der Waals surface area contributed by atoms with Crippen molar-refractivity contribution in [1.82, 2.24) is 10.0 Å². The molecule has 0 radical (unpaired) electrons. The van der Waals surface area contributed by atoms with E-state index in [0.29, 0.717) is 24.7 Å². The van der Waals surface area contributed by atoms with Crippen LogP contribution < -0.4 is 19.5 Å². The van der Waals surface area contributed by atoms with Gasteiger partial charge in [-0.15, -0.1) is 0 Å². The van der Waals surface area contributed by atoms with Gasteiger partial charge < -0.3 is 14.8 Å². The highest BCUT2D eigenvalue weighted by molar-refractivity contribution is 7.89. The second-order valence-electron chi connectivity index (χ2n) is 7.14. The highest BCUT2D eigenvalue weighted by Crippen LogP contribution is 2.33. The Bertz CT molecular complexity index is 1050. The van der Waals surface area contributed by atoms with Crippen LogP contribution in [0.4, 0.5) is 0 Å². The lowest BCUT2D eigenvalue weighted by atomic mass is 10.1. The number of carbonyl (C=O) groups excluding carboxylic acids is 1. The van der Waals surface area contributed by atoms with E-state index < -0.39 is 15.9 Å². The Labute approximate surface area is 174 Å². The zero-order valence-electron chi connectivity index (χ0n) is 15.8. The van der Waals surface area contributed by atoms with Crippen molar-refractivity contribution < 1.29 is 22.7 Å². The molecule has 0 spiro atoms. The van der Waals surface area contributed by atoms with Crippen LogP contribution in [0.2, 0.25) is 5.02 Å². The molecule has 0 aromatic heterocycles. The van der Waals surface area contributed by atoms with Gasteiger partial charge in [-0.3, -0.25) is 4.79 Å². The van der Waals surface area contributed by atoms with Gasteiger partial charge in [-0.25, -0.2) is 13.1 Å². The number of hydrogen-bond acceptors (Lipinski definition) is 5. The normalized spacial score (nSPS) is 16.9. The number of hydrogen-bond donors (Lipinski definition) is 2. The zero-order valence-corrected chi connectivity index (χ0v) is 17.3. The molecule has 1 heterocycles. The molecular formula is C20H21ClN2O5S. The molecular weight excluding hydrogens is 416 g/mol. The van der Waals surface area contributed by atoms with Crippen molar-refractivity contribution in [2.45, 2.75) is 36.7 Å². The molecule has 1 atom stereocenters. The number of benzene rings is 2. The summed E-state index contributed by atoms with van der Waals surface area (Å²) in [5.74, 6) is 0.919. The van der Waals surface area contributed by atoms with E-state index in [0.717, 1.165) is 18.4 Å². The first-order valence-electron chi connectivity index (χ1n) is 9.36. The number of ether oxygens (including phenoxy) is 2. The van der Waals surface area contributed by atoms with E-state index in [1.165, 1.54) is 18.2 Å². The largest absolute Gasteiger partial charge is 0.486 e. The molecule has 1 aliphatic heterocycles. The van der Waals surface area contributed by atoms with Crippen LogP contribution in [0.15, 0.2) is 41.3 Å². The number of carbonyl (C=O) groups is 1. The van der Waals surface area contributed by atoms with Gasteiger partial charge in [0.05, 0.1) is 11.1 Å². The molecule has 4 rings (SSSR count). The van der Waals surface area contributed by atoms with Crippen LogP contribution in [0, 0.1) is 0 Å². The summed E-state index contributed by atoms with van der Waals surface area (Å²) >= 11 is 6.08. The second-order valence-corrected chi connectivity index (χ2v) is 9.23. The first-order chi connectivity index (χ1) is 13.8. The van der Waals surface area contributed by atoms with Crippen molar-refractivity contribution in [3.05, 3.63) is 52.5 Å². The van der Waals surface area contributed by atoms with Gasteiger partial charge in [0.2, 0.25) is 10.0 Å². The maximum atomic E-state index is 12.7. The molecule has 2 aromatic carbocycles. The molecule has 154 valence electrons. The topological polar surface area (TPSA) is 93.7 Å².